The zero-order valence-corrected chi connectivity index (χ0v) is 61.7. The van der Waals surface area contributed by atoms with Crippen LogP contribution in [0.2, 0.25) is 0 Å². The number of furan rings is 1. The molecule has 0 fully saturated rings. The van der Waals surface area contributed by atoms with Crippen molar-refractivity contribution < 1.29 is 24.7 Å². The molecule has 0 bridgehead atoms. The van der Waals surface area contributed by atoms with Crippen molar-refractivity contribution in [3.63, 3.8) is 0 Å². The summed E-state index contributed by atoms with van der Waals surface area (Å²) in [5, 5.41) is 38.0. The van der Waals surface area contributed by atoms with Crippen LogP contribution in [-0.2, 0) is 0 Å². The van der Waals surface area contributed by atoms with Gasteiger partial charge in [0.05, 0.1) is 3.57 Å². The number of halogens is 1. The Kier molecular flexibility index (Phi) is 144. The lowest BCUT2D eigenvalue weighted by Gasteiger charge is -2.02. The molecule has 1 heterocycles. The molecule has 0 radical (unpaired) electrons. The number of phenols is 2. The summed E-state index contributed by atoms with van der Waals surface area (Å²) in [5.74, 6) is 0.682. The van der Waals surface area contributed by atoms with Gasteiger partial charge in [-0.25, -0.2) is 0 Å². The molecule has 0 amide bonds. The van der Waals surface area contributed by atoms with Crippen LogP contribution in [0.25, 0.3) is 33.1 Å². The number of benzene rings is 6. The molecule has 0 spiro atoms. The average molecular weight is 1270 g/mol. The number of rotatable bonds is 2. The summed E-state index contributed by atoms with van der Waals surface area (Å²) < 4.78 is 6.55. The molecule has 83 heavy (non-hydrogen) atoms. The lowest BCUT2D eigenvalue weighted by Crippen LogP contribution is -2.29. The highest BCUT2D eigenvalue weighted by Gasteiger charge is 2.07. The minimum Gasteiger partial charge on any atom is -0.507 e. The van der Waals surface area contributed by atoms with Gasteiger partial charge >= 0.3 is 7.12 Å². The van der Waals surface area contributed by atoms with Gasteiger partial charge in [0.25, 0.3) is 0 Å². The minimum absolute atomic E-state index is 0. The van der Waals surface area contributed by atoms with Crippen molar-refractivity contribution >= 4 is 57.1 Å². The Morgan fingerprint density at radius 1 is 0.313 bits per heavy atom. The topological polar surface area (TPSA) is 94.1 Å². The smallest absolute Gasteiger partial charge is 0.488 e. The zero-order chi connectivity index (χ0) is 66.8. The Morgan fingerprint density at radius 3 is 0.783 bits per heavy atom. The van der Waals surface area contributed by atoms with Gasteiger partial charge in [-0.2, -0.15) is 0 Å². The maximum Gasteiger partial charge on any atom is 0.488 e. The molecular weight excluding hydrogens is 1130 g/mol. The highest BCUT2D eigenvalue weighted by molar-refractivity contribution is 14.1. The predicted octanol–water partition coefficient (Wildman–Crippen LogP) is 27.5. The second kappa shape index (κ2) is 109. The largest absolute Gasteiger partial charge is 0.507 e. The van der Waals surface area contributed by atoms with Crippen LogP contribution >= 0.6 is 22.6 Å². The minimum atomic E-state index is -1.34. The van der Waals surface area contributed by atoms with Crippen LogP contribution < -0.4 is 5.46 Å². The van der Waals surface area contributed by atoms with E-state index in [2.05, 4.69) is 159 Å². The number of phenolic OH excluding ortho intramolecular Hbond substituents is 2. The van der Waals surface area contributed by atoms with E-state index >= 15 is 0 Å². The number of hydrogen-bond donors (Lipinski definition) is 4. The Balaban J connectivity index is -0.0000000599. The summed E-state index contributed by atoms with van der Waals surface area (Å²) in [4.78, 5) is 0. The molecule has 5 nitrogen and oxygen atoms in total. The molecule has 1 aromatic heterocycles. The Bertz CT molecular complexity index is 1900. The van der Waals surface area contributed by atoms with E-state index in [1.165, 1.54) is 68.6 Å². The van der Waals surface area contributed by atoms with Crippen molar-refractivity contribution in [2.24, 2.45) is 0 Å². The van der Waals surface area contributed by atoms with Gasteiger partial charge in [0.2, 0.25) is 0 Å². The van der Waals surface area contributed by atoms with Gasteiger partial charge in [0.15, 0.2) is 0 Å². The van der Waals surface area contributed by atoms with E-state index in [1.54, 1.807) is 42.5 Å². The van der Waals surface area contributed by atoms with Gasteiger partial charge in [0.1, 0.15) is 22.7 Å². The van der Waals surface area contributed by atoms with E-state index in [0.29, 0.717) is 17.0 Å². The van der Waals surface area contributed by atoms with Crippen LogP contribution in [0.4, 0.5) is 0 Å². The number of hydrogen-bond acceptors (Lipinski definition) is 5. The average Bonchev–Trinajstić information content (AvgIpc) is 3.89. The predicted molar refractivity (Wildman–Crippen MR) is 403 cm³/mol. The van der Waals surface area contributed by atoms with Crippen LogP contribution in [-0.4, -0.2) is 27.4 Å². The summed E-state index contributed by atoms with van der Waals surface area (Å²) in [6, 6.07) is 49.3. The molecule has 0 saturated heterocycles. The summed E-state index contributed by atoms with van der Waals surface area (Å²) in [5.41, 5.74) is 4.37. The summed E-state index contributed by atoms with van der Waals surface area (Å²) in [6.07, 6.45) is 11.2. The van der Waals surface area contributed by atoms with Gasteiger partial charge < -0.3 is 24.7 Å². The molecular formula is C76H142BIO5. The molecule has 0 atom stereocenters. The maximum atomic E-state index is 9.56. The van der Waals surface area contributed by atoms with Crippen LogP contribution in [0.3, 0.4) is 0 Å². The summed E-state index contributed by atoms with van der Waals surface area (Å²) >= 11 is 2.07. The summed E-state index contributed by atoms with van der Waals surface area (Å²) in [6.45, 7) is 62.2. The first-order valence-corrected chi connectivity index (χ1v) is 33.3. The standard InChI is InChI=1S/C12H8O.C12H10O.C6H7BO2.C6H5IO.9C3H8.6C2H6.CH4/c1-3-7-11-9(5-1)10-6-2-4-8-12(10)13-11;13-12-9-5-4-8-11(12)10-6-2-1-3-7-10;8-7(9)6-4-2-1-3-5-6;7-5-3-1-2-4-6(5)8;9*1-3-2;6*1-2;/h1-8H;1-9,13H;1-5,8-9H;1-4,8H;9*3H2,1-2H3;6*1-2H3;1H4. The van der Waals surface area contributed by atoms with Crippen LogP contribution in [0, 0.1) is 3.57 Å². The van der Waals surface area contributed by atoms with Crippen molar-refractivity contribution in [1.82, 2.24) is 0 Å². The number of fused-ring (bicyclic) bond motifs is 3. The molecule has 0 aliphatic carbocycles. The Labute approximate surface area is 535 Å². The van der Waals surface area contributed by atoms with E-state index in [0.717, 1.165) is 25.9 Å². The van der Waals surface area contributed by atoms with Crippen LogP contribution in [0.1, 0.15) is 273 Å². The lowest BCUT2D eigenvalue weighted by atomic mass is 9.81. The van der Waals surface area contributed by atoms with Crippen molar-refractivity contribution in [1.29, 1.82) is 0 Å². The second-order valence-electron chi connectivity index (χ2n) is 15.6. The molecule has 0 saturated carbocycles. The zero-order valence-electron chi connectivity index (χ0n) is 59.5. The molecule has 0 aliphatic rings. The molecule has 0 aliphatic heterocycles. The first-order valence-electron chi connectivity index (χ1n) is 32.2. The van der Waals surface area contributed by atoms with E-state index < -0.39 is 7.12 Å². The molecule has 4 N–H and O–H groups in total. The third kappa shape index (κ3) is 86.3. The van der Waals surface area contributed by atoms with Crippen molar-refractivity contribution in [2.45, 2.75) is 273 Å². The van der Waals surface area contributed by atoms with Crippen LogP contribution in [0.15, 0.2) is 162 Å². The normalized spacial score (nSPS) is 7.53. The van der Waals surface area contributed by atoms with Crippen LogP contribution in [0.5, 0.6) is 11.5 Å². The third-order valence-electron chi connectivity index (χ3n) is 6.22. The fourth-order valence-electron chi connectivity index (χ4n) is 4.09. The third-order valence-corrected chi connectivity index (χ3v) is 7.14. The van der Waals surface area contributed by atoms with E-state index in [1.807, 2.05) is 186 Å². The Morgan fingerprint density at radius 2 is 0.542 bits per heavy atom. The fourth-order valence-corrected chi connectivity index (χ4v) is 4.47. The fraction of sp³-hybridized carbons (Fsp3) is 0.526. The molecule has 7 rings (SSSR count). The molecule has 7 heteroatoms. The van der Waals surface area contributed by atoms with E-state index in [4.69, 9.17) is 19.6 Å². The van der Waals surface area contributed by atoms with Gasteiger partial charge in [0, 0.05) is 16.3 Å². The van der Waals surface area contributed by atoms with Gasteiger partial charge in [-0.05, 0) is 63.9 Å². The first kappa shape index (κ1) is 110. The molecule has 0 unspecified atom stereocenters. The molecule has 486 valence electrons. The van der Waals surface area contributed by atoms with Crippen molar-refractivity contribution in [3.8, 4) is 22.6 Å². The SMILES string of the molecule is C.CC.CC.CC.CC.CC.CC.CCC.CCC.CCC.CCC.CCC.CCC.CCC.CCC.CCC.OB(O)c1ccccc1.Oc1ccccc1-c1ccccc1.Oc1ccccc1I.c1ccc2c(c1)oc1ccccc12. The Hall–Kier alpha value is -4.57. The van der Waals surface area contributed by atoms with Gasteiger partial charge in [-0.1, -0.05) is 400 Å². The highest BCUT2D eigenvalue weighted by Crippen LogP contribution is 2.28. The monoisotopic (exact) mass is 1270 g/mol. The highest BCUT2D eigenvalue weighted by atomic mass is 127. The van der Waals surface area contributed by atoms with Crippen molar-refractivity contribution in [3.05, 3.63) is 161 Å². The van der Waals surface area contributed by atoms with Gasteiger partial charge in [-0.3, -0.25) is 0 Å². The van der Waals surface area contributed by atoms with E-state index in [-0.39, 0.29) is 7.43 Å². The first-order chi connectivity index (χ1) is 39.7. The van der Waals surface area contributed by atoms with Gasteiger partial charge in [-0.15, -0.1) is 0 Å². The molecule has 6 aromatic carbocycles. The van der Waals surface area contributed by atoms with Crippen molar-refractivity contribution in [2.75, 3.05) is 0 Å². The summed E-state index contributed by atoms with van der Waals surface area (Å²) in [7, 11) is -1.34. The quantitative estimate of drug-likeness (QED) is 0.102. The van der Waals surface area contributed by atoms with E-state index in [9.17, 15) is 5.11 Å². The maximum absolute atomic E-state index is 9.56. The number of aromatic hydroxyl groups is 2. The number of para-hydroxylation sites is 4. The molecule has 7 aromatic rings. The second-order valence-corrected chi connectivity index (χ2v) is 16.7. The lowest BCUT2D eigenvalue weighted by molar-refractivity contribution is 0.425.